The lowest BCUT2D eigenvalue weighted by Crippen LogP contribution is -2.59. The number of ether oxygens (including phenoxy) is 1. The molecule has 0 bridgehead atoms. The quantitative estimate of drug-likeness (QED) is 0.590. The number of anilines is 1. The Morgan fingerprint density at radius 1 is 1.26 bits per heavy atom. The normalized spacial score (nSPS) is 20.7. The number of hydrogen-bond acceptors (Lipinski definition) is 6. The van der Waals surface area contributed by atoms with Gasteiger partial charge in [0.1, 0.15) is 5.82 Å². The molecule has 1 aliphatic carbocycles. The van der Waals surface area contributed by atoms with Crippen LogP contribution in [0, 0.1) is 21.4 Å². The number of aromatic nitrogens is 1. The predicted molar refractivity (Wildman–Crippen MR) is 102 cm³/mol. The summed E-state index contributed by atoms with van der Waals surface area (Å²) in [4.78, 5) is 17.5. The minimum Gasteiger partial charge on any atom is -0.365 e. The molecule has 1 spiro atoms. The Morgan fingerprint density at radius 3 is 2.67 bits per heavy atom. The smallest absolute Gasteiger partial charge is 0.270 e. The molecule has 7 nitrogen and oxygen atoms in total. The molecule has 7 heteroatoms. The number of pyridine rings is 1. The number of nitrogens with zero attached hydrogens (tertiary/aromatic N) is 4. The van der Waals surface area contributed by atoms with E-state index in [1.165, 1.54) is 25.0 Å². The zero-order chi connectivity index (χ0) is 19.2. The number of benzene rings is 1. The minimum atomic E-state index is -0.456. The van der Waals surface area contributed by atoms with Gasteiger partial charge in [-0.25, -0.2) is 4.98 Å². The maximum atomic E-state index is 11.1. The Labute approximate surface area is 157 Å². The van der Waals surface area contributed by atoms with E-state index in [4.69, 9.17) is 9.72 Å². The highest BCUT2D eigenvalue weighted by Gasteiger charge is 2.46. The lowest BCUT2D eigenvalue weighted by Gasteiger charge is -2.49. The maximum absolute atomic E-state index is 11.1. The molecule has 1 saturated carbocycles. The largest absolute Gasteiger partial charge is 0.365 e. The SMILES string of the molecule is CC1(C)CN(c2cc(C#N)c3cc([N+](=O)[O-])ccc3n2)CC2(CCCC2)O1. The average molecular weight is 366 g/mol. The third-order valence-electron chi connectivity index (χ3n) is 5.49. The van der Waals surface area contributed by atoms with Crippen LogP contribution in [-0.2, 0) is 4.74 Å². The van der Waals surface area contributed by atoms with E-state index in [1.54, 1.807) is 12.1 Å². The van der Waals surface area contributed by atoms with Crippen molar-refractivity contribution in [2.45, 2.75) is 50.7 Å². The van der Waals surface area contributed by atoms with Gasteiger partial charge in [-0.2, -0.15) is 5.26 Å². The second kappa shape index (κ2) is 6.17. The molecule has 1 aromatic carbocycles. The van der Waals surface area contributed by atoms with E-state index in [9.17, 15) is 15.4 Å². The molecule has 0 unspecified atom stereocenters. The lowest BCUT2D eigenvalue weighted by atomic mass is 9.94. The van der Waals surface area contributed by atoms with E-state index in [0.29, 0.717) is 23.0 Å². The van der Waals surface area contributed by atoms with Crippen molar-refractivity contribution in [1.29, 1.82) is 5.26 Å². The summed E-state index contributed by atoms with van der Waals surface area (Å²) >= 11 is 0. The first kappa shape index (κ1) is 17.7. The van der Waals surface area contributed by atoms with Gasteiger partial charge in [-0.3, -0.25) is 10.1 Å². The van der Waals surface area contributed by atoms with Crippen molar-refractivity contribution in [3.63, 3.8) is 0 Å². The number of fused-ring (bicyclic) bond motifs is 1. The molecule has 27 heavy (non-hydrogen) atoms. The first-order valence-electron chi connectivity index (χ1n) is 9.25. The van der Waals surface area contributed by atoms with E-state index in [1.807, 2.05) is 0 Å². The molecular weight excluding hydrogens is 344 g/mol. The zero-order valence-corrected chi connectivity index (χ0v) is 15.6. The number of nitriles is 1. The number of nitro benzene ring substituents is 1. The number of morpholine rings is 1. The van der Waals surface area contributed by atoms with Crippen LogP contribution in [0.25, 0.3) is 10.9 Å². The fourth-order valence-corrected chi connectivity index (χ4v) is 4.52. The van der Waals surface area contributed by atoms with Crippen LogP contribution in [-0.4, -0.2) is 34.2 Å². The van der Waals surface area contributed by atoms with Gasteiger partial charge in [0.25, 0.3) is 5.69 Å². The van der Waals surface area contributed by atoms with Crippen LogP contribution in [0.15, 0.2) is 24.3 Å². The molecule has 0 atom stereocenters. The van der Waals surface area contributed by atoms with Gasteiger partial charge in [-0.1, -0.05) is 12.8 Å². The molecular formula is C20H22N4O3. The summed E-state index contributed by atoms with van der Waals surface area (Å²) in [6.45, 7) is 5.63. The van der Waals surface area contributed by atoms with Gasteiger partial charge in [0.15, 0.2) is 0 Å². The van der Waals surface area contributed by atoms with Crippen LogP contribution in [0.5, 0.6) is 0 Å². The van der Waals surface area contributed by atoms with Crippen LogP contribution < -0.4 is 4.90 Å². The van der Waals surface area contributed by atoms with E-state index < -0.39 is 4.92 Å². The number of rotatable bonds is 2. The topological polar surface area (TPSA) is 92.3 Å². The molecule has 4 rings (SSSR count). The van der Waals surface area contributed by atoms with Gasteiger partial charge < -0.3 is 9.64 Å². The van der Waals surface area contributed by atoms with Gasteiger partial charge >= 0.3 is 0 Å². The molecule has 140 valence electrons. The summed E-state index contributed by atoms with van der Waals surface area (Å²) in [5, 5.41) is 21.2. The highest BCUT2D eigenvalue weighted by atomic mass is 16.6. The monoisotopic (exact) mass is 366 g/mol. The molecule has 0 amide bonds. The third-order valence-corrected chi connectivity index (χ3v) is 5.49. The molecule has 2 aromatic rings. The Kier molecular flexibility index (Phi) is 4.04. The molecule has 2 fully saturated rings. The molecule has 1 aliphatic heterocycles. The van der Waals surface area contributed by atoms with Crippen LogP contribution >= 0.6 is 0 Å². The molecule has 2 heterocycles. The summed E-state index contributed by atoms with van der Waals surface area (Å²) in [7, 11) is 0. The second-order valence-corrected chi connectivity index (χ2v) is 8.21. The fourth-order valence-electron chi connectivity index (χ4n) is 4.52. The lowest BCUT2D eigenvalue weighted by molar-refractivity contribution is -0.384. The molecule has 0 radical (unpaired) electrons. The van der Waals surface area contributed by atoms with Crippen LogP contribution in [0.1, 0.15) is 45.1 Å². The summed E-state index contributed by atoms with van der Waals surface area (Å²) in [6.07, 6.45) is 4.42. The van der Waals surface area contributed by atoms with Crippen LogP contribution in [0.3, 0.4) is 0 Å². The first-order chi connectivity index (χ1) is 12.8. The van der Waals surface area contributed by atoms with Crippen molar-refractivity contribution in [3.8, 4) is 6.07 Å². The molecule has 1 saturated heterocycles. The Balaban J connectivity index is 1.78. The van der Waals surface area contributed by atoms with E-state index in [2.05, 4.69) is 24.8 Å². The highest BCUT2D eigenvalue weighted by Crippen LogP contribution is 2.42. The van der Waals surface area contributed by atoms with Crippen molar-refractivity contribution in [1.82, 2.24) is 4.98 Å². The summed E-state index contributed by atoms with van der Waals surface area (Å²) in [5.74, 6) is 0.732. The van der Waals surface area contributed by atoms with Gasteiger partial charge in [0.05, 0.1) is 33.3 Å². The second-order valence-electron chi connectivity index (χ2n) is 8.21. The van der Waals surface area contributed by atoms with E-state index in [0.717, 1.165) is 25.2 Å². The van der Waals surface area contributed by atoms with Gasteiger partial charge in [-0.05, 0) is 38.8 Å². The van der Waals surface area contributed by atoms with Crippen molar-refractivity contribution in [2.24, 2.45) is 0 Å². The van der Waals surface area contributed by atoms with Gasteiger partial charge in [-0.15, -0.1) is 0 Å². The molecule has 0 N–H and O–H groups in total. The standard InChI is InChI=1S/C20H22N4O3/c1-19(2)12-23(13-20(27-19)7-3-4-8-20)18-9-14(11-21)16-10-15(24(25)26)5-6-17(16)22-18/h5-6,9-10H,3-4,7-8,12-13H2,1-2H3. The fraction of sp³-hybridized carbons (Fsp3) is 0.500. The summed E-state index contributed by atoms with van der Waals surface area (Å²) < 4.78 is 6.45. The van der Waals surface area contributed by atoms with E-state index >= 15 is 0 Å². The molecule has 1 aromatic heterocycles. The third kappa shape index (κ3) is 3.21. The van der Waals surface area contributed by atoms with Crippen molar-refractivity contribution < 1.29 is 9.66 Å². The Hall–Kier alpha value is -2.72. The minimum absolute atomic E-state index is 0.0361. The zero-order valence-electron chi connectivity index (χ0n) is 15.6. The van der Waals surface area contributed by atoms with Crippen molar-refractivity contribution in [3.05, 3.63) is 39.9 Å². The van der Waals surface area contributed by atoms with Gasteiger partial charge in [0.2, 0.25) is 0 Å². The summed E-state index contributed by atoms with van der Waals surface area (Å²) in [5.41, 5.74) is 0.510. The van der Waals surface area contributed by atoms with E-state index in [-0.39, 0.29) is 16.9 Å². The first-order valence-corrected chi connectivity index (χ1v) is 9.25. The Bertz CT molecular complexity index is 958. The predicted octanol–water partition coefficient (Wildman–Crippen LogP) is 3.94. The average Bonchev–Trinajstić information content (AvgIpc) is 3.05. The van der Waals surface area contributed by atoms with Crippen LogP contribution in [0.4, 0.5) is 11.5 Å². The van der Waals surface area contributed by atoms with Crippen LogP contribution in [0.2, 0.25) is 0 Å². The number of nitro groups is 1. The Morgan fingerprint density at radius 2 is 2.00 bits per heavy atom. The van der Waals surface area contributed by atoms with Crippen molar-refractivity contribution in [2.75, 3.05) is 18.0 Å². The maximum Gasteiger partial charge on any atom is 0.270 e. The summed E-state index contributed by atoms with van der Waals surface area (Å²) in [6, 6.07) is 8.40. The van der Waals surface area contributed by atoms with Crippen molar-refractivity contribution >= 4 is 22.4 Å². The number of hydrogen-bond donors (Lipinski definition) is 0. The highest BCUT2D eigenvalue weighted by molar-refractivity contribution is 5.88. The van der Waals surface area contributed by atoms with Gasteiger partial charge in [0, 0.05) is 30.6 Å². The number of non-ortho nitro benzene ring substituents is 1. The molecule has 2 aliphatic rings.